The van der Waals surface area contributed by atoms with Crippen LogP contribution in [0.25, 0.3) is 0 Å². The minimum Gasteiger partial charge on any atom is -0.494 e. The molecule has 0 unspecified atom stereocenters. The Labute approximate surface area is 155 Å². The molecule has 1 fully saturated rings. The number of benzene rings is 1. The molecule has 1 aliphatic heterocycles. The van der Waals surface area contributed by atoms with Crippen molar-refractivity contribution in [1.29, 1.82) is 0 Å². The molecule has 0 atom stereocenters. The fourth-order valence-corrected chi connectivity index (χ4v) is 2.94. The maximum Gasteiger partial charge on any atom is 0.313 e. The van der Waals surface area contributed by atoms with Crippen molar-refractivity contribution in [3.05, 3.63) is 24.3 Å². The molecule has 0 aromatic heterocycles. The first-order valence-electron chi connectivity index (χ1n) is 9.15. The van der Waals surface area contributed by atoms with Crippen molar-refractivity contribution in [1.82, 2.24) is 10.2 Å². The highest BCUT2D eigenvalue weighted by atomic mass is 16.5. The van der Waals surface area contributed by atoms with E-state index in [9.17, 15) is 9.59 Å². The van der Waals surface area contributed by atoms with Crippen LogP contribution in [0.4, 0.5) is 5.69 Å². The first-order chi connectivity index (χ1) is 12.6. The van der Waals surface area contributed by atoms with Gasteiger partial charge in [0.25, 0.3) is 0 Å². The van der Waals surface area contributed by atoms with Crippen LogP contribution in [0, 0.1) is 5.92 Å². The number of rotatable bonds is 8. The van der Waals surface area contributed by atoms with E-state index in [1.807, 2.05) is 6.92 Å². The van der Waals surface area contributed by atoms with Gasteiger partial charge in [-0.05, 0) is 63.0 Å². The molecular weight excluding hydrogens is 334 g/mol. The third-order valence-electron chi connectivity index (χ3n) is 4.50. The molecule has 1 heterocycles. The summed E-state index contributed by atoms with van der Waals surface area (Å²) in [7, 11) is 1.71. The van der Waals surface area contributed by atoms with E-state index in [1.54, 1.807) is 31.4 Å². The third kappa shape index (κ3) is 6.65. The maximum absolute atomic E-state index is 12.0. The van der Waals surface area contributed by atoms with Gasteiger partial charge < -0.3 is 25.0 Å². The van der Waals surface area contributed by atoms with Crippen LogP contribution in [0.2, 0.25) is 0 Å². The number of nitrogens with zero attached hydrogens (tertiary/aromatic N) is 1. The zero-order valence-corrected chi connectivity index (χ0v) is 15.6. The summed E-state index contributed by atoms with van der Waals surface area (Å²) in [5.74, 6) is -0.102. The van der Waals surface area contributed by atoms with Crippen LogP contribution in [-0.4, -0.2) is 63.2 Å². The summed E-state index contributed by atoms with van der Waals surface area (Å²) in [5, 5.41) is 5.34. The Morgan fingerprint density at radius 2 is 1.85 bits per heavy atom. The van der Waals surface area contributed by atoms with E-state index in [0.717, 1.165) is 44.8 Å². The fraction of sp³-hybridized carbons (Fsp3) is 0.579. The normalized spacial score (nSPS) is 15.5. The first-order valence-corrected chi connectivity index (χ1v) is 9.15. The van der Waals surface area contributed by atoms with Gasteiger partial charge in [-0.1, -0.05) is 0 Å². The van der Waals surface area contributed by atoms with Crippen LogP contribution in [0.15, 0.2) is 24.3 Å². The summed E-state index contributed by atoms with van der Waals surface area (Å²) in [5.41, 5.74) is 0.569. The van der Waals surface area contributed by atoms with Crippen LogP contribution >= 0.6 is 0 Å². The molecule has 1 aromatic rings. The van der Waals surface area contributed by atoms with Crippen LogP contribution in [0.5, 0.6) is 5.75 Å². The van der Waals surface area contributed by atoms with Gasteiger partial charge in [0.1, 0.15) is 5.75 Å². The Kier molecular flexibility index (Phi) is 8.37. The predicted molar refractivity (Wildman–Crippen MR) is 100 cm³/mol. The van der Waals surface area contributed by atoms with Crippen molar-refractivity contribution in [3.8, 4) is 5.75 Å². The summed E-state index contributed by atoms with van der Waals surface area (Å²) < 4.78 is 10.4. The van der Waals surface area contributed by atoms with E-state index in [4.69, 9.17) is 9.47 Å². The molecule has 26 heavy (non-hydrogen) atoms. The largest absolute Gasteiger partial charge is 0.494 e. The number of ether oxygens (including phenoxy) is 2. The summed E-state index contributed by atoms with van der Waals surface area (Å²) in [6.07, 6.45) is 2.04. The second-order valence-corrected chi connectivity index (χ2v) is 6.40. The van der Waals surface area contributed by atoms with Gasteiger partial charge in [0, 0.05) is 25.9 Å². The fourth-order valence-electron chi connectivity index (χ4n) is 2.94. The number of carbonyl (C=O) groups excluding carboxylic acids is 2. The number of hydrogen-bond donors (Lipinski definition) is 2. The topological polar surface area (TPSA) is 79.9 Å². The SMILES string of the molecule is CCOc1ccc(NC(=O)C(=O)NCC2CCN(CCOC)CC2)cc1. The van der Waals surface area contributed by atoms with Crippen LogP contribution in [-0.2, 0) is 14.3 Å². The van der Waals surface area contributed by atoms with Gasteiger partial charge in [-0.2, -0.15) is 0 Å². The first kappa shape index (κ1) is 20.2. The Morgan fingerprint density at radius 1 is 1.15 bits per heavy atom. The quantitative estimate of drug-likeness (QED) is 0.684. The molecule has 1 aliphatic rings. The summed E-state index contributed by atoms with van der Waals surface area (Å²) in [6, 6.07) is 6.95. The average Bonchev–Trinajstić information content (AvgIpc) is 2.67. The van der Waals surface area contributed by atoms with Gasteiger partial charge in [0.2, 0.25) is 0 Å². The number of anilines is 1. The van der Waals surface area contributed by atoms with Gasteiger partial charge in [-0.25, -0.2) is 0 Å². The van der Waals surface area contributed by atoms with Gasteiger partial charge in [0.15, 0.2) is 0 Å². The van der Waals surface area contributed by atoms with E-state index in [2.05, 4.69) is 15.5 Å². The molecule has 0 saturated carbocycles. The van der Waals surface area contributed by atoms with E-state index >= 15 is 0 Å². The lowest BCUT2D eigenvalue weighted by molar-refractivity contribution is -0.136. The van der Waals surface area contributed by atoms with Crippen molar-refractivity contribution in [2.45, 2.75) is 19.8 Å². The second kappa shape index (κ2) is 10.8. The molecule has 2 rings (SSSR count). The molecule has 2 amide bonds. The molecule has 144 valence electrons. The monoisotopic (exact) mass is 363 g/mol. The Bertz CT molecular complexity index is 569. The van der Waals surface area contributed by atoms with Gasteiger partial charge in [0.05, 0.1) is 13.2 Å². The Morgan fingerprint density at radius 3 is 2.46 bits per heavy atom. The highest BCUT2D eigenvalue weighted by Crippen LogP contribution is 2.17. The zero-order chi connectivity index (χ0) is 18.8. The van der Waals surface area contributed by atoms with E-state index in [-0.39, 0.29) is 0 Å². The van der Waals surface area contributed by atoms with Gasteiger partial charge in [-0.15, -0.1) is 0 Å². The standard InChI is InChI=1S/C19H29N3O4/c1-3-26-17-6-4-16(5-7-17)21-19(24)18(23)20-14-15-8-10-22(11-9-15)12-13-25-2/h4-7,15H,3,8-14H2,1-2H3,(H,20,23)(H,21,24). The van der Waals surface area contributed by atoms with Crippen LogP contribution < -0.4 is 15.4 Å². The lowest BCUT2D eigenvalue weighted by atomic mass is 9.97. The predicted octanol–water partition coefficient (Wildman–Crippen LogP) is 1.50. The smallest absolute Gasteiger partial charge is 0.313 e. The van der Waals surface area contributed by atoms with Crippen LogP contribution in [0.3, 0.4) is 0 Å². The molecule has 2 N–H and O–H groups in total. The minimum atomic E-state index is -0.647. The number of likely N-dealkylation sites (tertiary alicyclic amines) is 1. The highest BCUT2D eigenvalue weighted by molar-refractivity contribution is 6.39. The number of carbonyl (C=O) groups is 2. The van der Waals surface area contributed by atoms with Gasteiger partial charge in [-0.3, -0.25) is 9.59 Å². The number of piperidine rings is 1. The summed E-state index contributed by atoms with van der Waals surface area (Å²) in [4.78, 5) is 26.3. The zero-order valence-electron chi connectivity index (χ0n) is 15.6. The Hall–Kier alpha value is -2.12. The molecule has 0 aliphatic carbocycles. The van der Waals surface area contributed by atoms with E-state index in [0.29, 0.717) is 24.8 Å². The van der Waals surface area contributed by atoms with Crippen molar-refractivity contribution in [2.75, 3.05) is 51.8 Å². The van der Waals surface area contributed by atoms with Crippen LogP contribution in [0.1, 0.15) is 19.8 Å². The Balaban J connectivity index is 1.68. The molecule has 0 bridgehead atoms. The van der Waals surface area contributed by atoms with Crippen molar-refractivity contribution >= 4 is 17.5 Å². The third-order valence-corrected chi connectivity index (χ3v) is 4.50. The number of hydrogen-bond acceptors (Lipinski definition) is 5. The minimum absolute atomic E-state index is 0.413. The van der Waals surface area contributed by atoms with Crippen molar-refractivity contribution < 1.29 is 19.1 Å². The highest BCUT2D eigenvalue weighted by Gasteiger charge is 2.21. The second-order valence-electron chi connectivity index (χ2n) is 6.40. The molecule has 1 saturated heterocycles. The lowest BCUT2D eigenvalue weighted by Gasteiger charge is -2.31. The molecule has 7 nitrogen and oxygen atoms in total. The summed E-state index contributed by atoms with van der Waals surface area (Å²) >= 11 is 0. The lowest BCUT2D eigenvalue weighted by Crippen LogP contribution is -2.42. The maximum atomic E-state index is 12.0. The average molecular weight is 363 g/mol. The van der Waals surface area contributed by atoms with Gasteiger partial charge >= 0.3 is 11.8 Å². The van der Waals surface area contributed by atoms with Crippen molar-refractivity contribution in [3.63, 3.8) is 0 Å². The number of amides is 2. The molecule has 1 aromatic carbocycles. The molecular formula is C19H29N3O4. The van der Waals surface area contributed by atoms with E-state index < -0.39 is 11.8 Å². The number of methoxy groups -OCH3 is 1. The number of nitrogens with one attached hydrogen (secondary N) is 2. The van der Waals surface area contributed by atoms with Crippen molar-refractivity contribution in [2.24, 2.45) is 5.92 Å². The molecule has 0 spiro atoms. The summed E-state index contributed by atoms with van der Waals surface area (Å²) in [6.45, 7) is 6.72. The van der Waals surface area contributed by atoms with E-state index in [1.165, 1.54) is 0 Å². The molecule has 7 heteroatoms. The molecule has 0 radical (unpaired) electrons.